The number of ether oxygens (including phenoxy) is 1. The van der Waals surface area contributed by atoms with Crippen LogP contribution in [0.1, 0.15) is 39.5 Å². The quantitative estimate of drug-likeness (QED) is 0.928. The van der Waals surface area contributed by atoms with Gasteiger partial charge in [-0.1, -0.05) is 0 Å². The van der Waals surface area contributed by atoms with Crippen LogP contribution in [-0.4, -0.2) is 30.7 Å². The van der Waals surface area contributed by atoms with E-state index in [2.05, 4.69) is 31.3 Å². The first-order chi connectivity index (χ1) is 10.1. The third-order valence-electron chi connectivity index (χ3n) is 4.32. The third-order valence-corrected chi connectivity index (χ3v) is 4.32. The van der Waals surface area contributed by atoms with Crippen molar-refractivity contribution < 1.29 is 9.53 Å². The molecule has 1 aromatic rings. The van der Waals surface area contributed by atoms with Crippen molar-refractivity contribution in [1.29, 1.82) is 0 Å². The molecule has 2 aliphatic heterocycles. The van der Waals surface area contributed by atoms with Crippen LogP contribution in [0.15, 0.2) is 24.3 Å². The van der Waals surface area contributed by atoms with E-state index in [0.29, 0.717) is 24.7 Å². The summed E-state index contributed by atoms with van der Waals surface area (Å²) in [6.45, 7) is 5.11. The molecule has 0 spiro atoms. The highest BCUT2D eigenvalue weighted by molar-refractivity contribution is 5.95. The zero-order chi connectivity index (χ0) is 14.8. The summed E-state index contributed by atoms with van der Waals surface area (Å²) in [5.74, 6) is 0.239. The normalized spacial score (nSPS) is 29.7. The van der Waals surface area contributed by atoms with Crippen LogP contribution >= 0.6 is 0 Å². The summed E-state index contributed by atoms with van der Waals surface area (Å²) in [6.07, 6.45) is 4.35. The largest absolute Gasteiger partial charge is 0.382 e. The van der Waals surface area contributed by atoms with Crippen molar-refractivity contribution in [3.05, 3.63) is 24.3 Å². The average Bonchev–Trinajstić information content (AvgIpc) is 2.85. The van der Waals surface area contributed by atoms with Gasteiger partial charge in [0.05, 0.1) is 12.2 Å². The first-order valence-corrected chi connectivity index (χ1v) is 7.94. The van der Waals surface area contributed by atoms with Gasteiger partial charge in [0.1, 0.15) is 0 Å². The zero-order valence-corrected chi connectivity index (χ0v) is 12.8. The number of hydrogen-bond acceptors (Lipinski definition) is 3. The van der Waals surface area contributed by atoms with Crippen LogP contribution in [0.25, 0.3) is 0 Å². The number of benzene rings is 1. The number of rotatable bonds is 3. The molecule has 0 radical (unpaired) electrons. The number of carbonyl (C=O) groups excluding carboxylic acids is 1. The monoisotopic (exact) mass is 288 g/mol. The van der Waals surface area contributed by atoms with E-state index in [4.69, 9.17) is 4.74 Å². The summed E-state index contributed by atoms with van der Waals surface area (Å²) >= 11 is 0. The van der Waals surface area contributed by atoms with Crippen molar-refractivity contribution in [2.24, 2.45) is 0 Å². The lowest BCUT2D eigenvalue weighted by molar-refractivity contribution is -0.117. The second-order valence-corrected chi connectivity index (χ2v) is 6.27. The van der Waals surface area contributed by atoms with Gasteiger partial charge in [0.15, 0.2) is 0 Å². The molecule has 21 heavy (non-hydrogen) atoms. The summed E-state index contributed by atoms with van der Waals surface area (Å²) in [4.78, 5) is 13.6. The summed E-state index contributed by atoms with van der Waals surface area (Å²) < 4.78 is 5.77. The van der Waals surface area contributed by atoms with Crippen LogP contribution in [-0.2, 0) is 9.53 Å². The molecule has 4 nitrogen and oxygen atoms in total. The third kappa shape index (κ3) is 3.38. The Morgan fingerprint density at radius 3 is 2.38 bits per heavy atom. The van der Waals surface area contributed by atoms with E-state index in [1.165, 1.54) is 0 Å². The predicted molar refractivity (Wildman–Crippen MR) is 84.7 cm³/mol. The molecular formula is C17H24N2O2. The molecule has 2 heterocycles. The lowest BCUT2D eigenvalue weighted by atomic mass is 9.99. The number of amides is 1. The summed E-state index contributed by atoms with van der Waals surface area (Å²) in [6, 6.07) is 8.69. The Balaban J connectivity index is 1.63. The summed E-state index contributed by atoms with van der Waals surface area (Å²) in [7, 11) is 0. The Morgan fingerprint density at radius 1 is 1.14 bits per heavy atom. The van der Waals surface area contributed by atoms with Gasteiger partial charge in [-0.15, -0.1) is 0 Å². The molecule has 1 aromatic carbocycles. The molecule has 114 valence electrons. The van der Waals surface area contributed by atoms with Gasteiger partial charge in [0.2, 0.25) is 5.91 Å². The van der Waals surface area contributed by atoms with Crippen LogP contribution in [0.5, 0.6) is 0 Å². The Hall–Kier alpha value is -1.55. The molecule has 2 atom stereocenters. The topological polar surface area (TPSA) is 41.6 Å². The molecule has 1 N–H and O–H groups in total. The van der Waals surface area contributed by atoms with Crippen molar-refractivity contribution in [2.45, 2.75) is 57.8 Å². The van der Waals surface area contributed by atoms with E-state index in [-0.39, 0.29) is 5.91 Å². The lowest BCUT2D eigenvalue weighted by Crippen LogP contribution is -2.36. The minimum atomic E-state index is 0.239. The minimum Gasteiger partial charge on any atom is -0.382 e. The highest BCUT2D eigenvalue weighted by Gasteiger charge is 2.24. The summed E-state index contributed by atoms with van der Waals surface area (Å²) in [5.41, 5.74) is 2.13. The zero-order valence-electron chi connectivity index (χ0n) is 12.8. The maximum absolute atomic E-state index is 11.7. The molecule has 4 heteroatoms. The molecule has 2 unspecified atom stereocenters. The summed E-state index contributed by atoms with van der Waals surface area (Å²) in [5, 5.41) is 3.59. The number of hydrogen-bond donors (Lipinski definition) is 1. The van der Waals surface area contributed by atoms with Gasteiger partial charge in [-0.3, -0.25) is 4.79 Å². The van der Waals surface area contributed by atoms with Gasteiger partial charge in [-0.2, -0.15) is 0 Å². The van der Waals surface area contributed by atoms with E-state index in [9.17, 15) is 4.79 Å². The molecule has 2 fully saturated rings. The van der Waals surface area contributed by atoms with Gasteiger partial charge < -0.3 is 15.0 Å². The molecule has 0 saturated carbocycles. The Bertz CT molecular complexity index is 490. The van der Waals surface area contributed by atoms with Gasteiger partial charge >= 0.3 is 0 Å². The van der Waals surface area contributed by atoms with Gasteiger partial charge in [-0.25, -0.2) is 0 Å². The SMILES string of the molecule is CC1CC(Nc2ccc(N3CCCC3=O)cc2)CC(C)O1. The van der Waals surface area contributed by atoms with E-state index in [1.807, 2.05) is 17.0 Å². The van der Waals surface area contributed by atoms with Gasteiger partial charge in [-0.05, 0) is 57.4 Å². The number of nitrogens with one attached hydrogen (secondary N) is 1. The average molecular weight is 288 g/mol. The highest BCUT2D eigenvalue weighted by atomic mass is 16.5. The first kappa shape index (κ1) is 14.4. The van der Waals surface area contributed by atoms with E-state index in [0.717, 1.165) is 37.2 Å². The number of carbonyl (C=O) groups is 1. The van der Waals surface area contributed by atoms with Crippen LogP contribution in [0.2, 0.25) is 0 Å². The molecule has 2 saturated heterocycles. The van der Waals surface area contributed by atoms with Crippen molar-refractivity contribution in [3.63, 3.8) is 0 Å². The highest BCUT2D eigenvalue weighted by Crippen LogP contribution is 2.26. The van der Waals surface area contributed by atoms with Crippen LogP contribution in [0.3, 0.4) is 0 Å². The molecular weight excluding hydrogens is 264 g/mol. The van der Waals surface area contributed by atoms with Crippen LogP contribution in [0, 0.1) is 0 Å². The lowest BCUT2D eigenvalue weighted by Gasteiger charge is -2.33. The molecule has 2 aliphatic rings. The van der Waals surface area contributed by atoms with Gasteiger partial charge in [0.25, 0.3) is 0 Å². The van der Waals surface area contributed by atoms with E-state index >= 15 is 0 Å². The molecule has 0 aliphatic carbocycles. The number of anilines is 2. The van der Waals surface area contributed by atoms with E-state index in [1.54, 1.807) is 0 Å². The fourth-order valence-corrected chi connectivity index (χ4v) is 3.42. The maximum atomic E-state index is 11.7. The van der Waals surface area contributed by atoms with Crippen molar-refractivity contribution >= 4 is 17.3 Å². The van der Waals surface area contributed by atoms with Crippen LogP contribution in [0.4, 0.5) is 11.4 Å². The number of nitrogens with zero attached hydrogens (tertiary/aromatic N) is 1. The maximum Gasteiger partial charge on any atom is 0.227 e. The van der Waals surface area contributed by atoms with Crippen molar-refractivity contribution in [1.82, 2.24) is 0 Å². The predicted octanol–water partition coefficient (Wildman–Crippen LogP) is 3.18. The minimum absolute atomic E-state index is 0.239. The second-order valence-electron chi connectivity index (χ2n) is 6.27. The Morgan fingerprint density at radius 2 is 1.81 bits per heavy atom. The fraction of sp³-hybridized carbons (Fsp3) is 0.588. The smallest absolute Gasteiger partial charge is 0.227 e. The second kappa shape index (κ2) is 6.06. The molecule has 3 rings (SSSR count). The van der Waals surface area contributed by atoms with E-state index < -0.39 is 0 Å². The van der Waals surface area contributed by atoms with Gasteiger partial charge in [0, 0.05) is 30.4 Å². The fourth-order valence-electron chi connectivity index (χ4n) is 3.42. The molecule has 0 aromatic heterocycles. The molecule has 1 amide bonds. The van der Waals surface area contributed by atoms with Crippen LogP contribution < -0.4 is 10.2 Å². The first-order valence-electron chi connectivity index (χ1n) is 7.94. The van der Waals surface area contributed by atoms with Crippen molar-refractivity contribution in [3.8, 4) is 0 Å². The standard InChI is InChI=1S/C17H24N2O2/c1-12-10-15(11-13(2)21-12)18-14-5-7-16(8-6-14)19-9-3-4-17(19)20/h5-8,12-13,15,18H,3-4,9-11H2,1-2H3. The molecule has 0 bridgehead atoms. The van der Waals surface area contributed by atoms with Crippen molar-refractivity contribution in [2.75, 3.05) is 16.8 Å². The Kier molecular flexibility index (Phi) is 4.15. The Labute approximate surface area is 126 Å².